The lowest BCUT2D eigenvalue weighted by Gasteiger charge is -2.17. The number of carbonyl (C=O) groups excluding carboxylic acids is 2. The summed E-state index contributed by atoms with van der Waals surface area (Å²) >= 11 is 5.39. The van der Waals surface area contributed by atoms with E-state index in [9.17, 15) is 9.59 Å². The van der Waals surface area contributed by atoms with Crippen molar-refractivity contribution in [3.05, 3.63) is 12.2 Å². The van der Waals surface area contributed by atoms with E-state index in [4.69, 9.17) is 26.3 Å². The fourth-order valence-electron chi connectivity index (χ4n) is 2.42. The van der Waals surface area contributed by atoms with Crippen LogP contribution in [0.3, 0.4) is 0 Å². The van der Waals surface area contributed by atoms with Crippen LogP contribution in [0.5, 0.6) is 0 Å². The molecular weight excluding hydrogens is 270 g/mol. The van der Waals surface area contributed by atoms with Gasteiger partial charge in [-0.3, -0.25) is 9.59 Å². The van der Waals surface area contributed by atoms with Crippen molar-refractivity contribution in [1.82, 2.24) is 0 Å². The van der Waals surface area contributed by atoms with Gasteiger partial charge in [-0.25, -0.2) is 0 Å². The molecule has 0 aromatic heterocycles. The first-order valence-electron chi connectivity index (χ1n) is 5.73. The van der Waals surface area contributed by atoms with Crippen molar-refractivity contribution in [2.75, 3.05) is 13.0 Å². The Bertz CT molecular complexity index is 452. The minimum atomic E-state index is -0.838. The molecule has 1 fully saturated rings. The number of rotatable bonds is 5. The molecule has 1 aliphatic rings. The number of alkyl halides is 1. The topological polar surface area (TPSA) is 76.4 Å². The summed E-state index contributed by atoms with van der Waals surface area (Å²) in [6.45, 7) is 7.28. The van der Waals surface area contributed by atoms with Gasteiger partial charge in [0.25, 0.3) is 0 Å². The van der Waals surface area contributed by atoms with E-state index in [-0.39, 0.29) is 23.3 Å². The number of nitriles is 1. The predicted molar refractivity (Wildman–Crippen MR) is 68.1 cm³/mol. The maximum atomic E-state index is 11.7. The van der Waals surface area contributed by atoms with Crippen LogP contribution in [-0.4, -0.2) is 31.0 Å². The molecule has 0 amide bonds. The number of hydrogen-bond donors (Lipinski definition) is 0. The average molecular weight is 286 g/mol. The third kappa shape index (κ3) is 2.90. The third-order valence-electron chi connectivity index (χ3n) is 3.55. The van der Waals surface area contributed by atoms with E-state index in [1.54, 1.807) is 0 Å². The lowest BCUT2D eigenvalue weighted by molar-refractivity contribution is -0.148. The number of methoxy groups -OCH3 is 1. The molecule has 1 rings (SSSR count). The molecular formula is C13H16ClNO4. The summed E-state index contributed by atoms with van der Waals surface area (Å²) in [4.78, 5) is 23.0. The molecule has 5 nitrogen and oxygen atoms in total. The molecule has 0 spiro atoms. The zero-order valence-corrected chi connectivity index (χ0v) is 11.9. The van der Waals surface area contributed by atoms with Crippen LogP contribution in [0.2, 0.25) is 0 Å². The van der Waals surface area contributed by atoms with Crippen LogP contribution in [0.1, 0.15) is 13.8 Å². The monoisotopic (exact) mass is 285 g/mol. The lowest BCUT2D eigenvalue weighted by Crippen LogP contribution is -2.25. The van der Waals surface area contributed by atoms with Crippen molar-refractivity contribution in [3.63, 3.8) is 0 Å². The fraction of sp³-hybridized carbons (Fsp3) is 0.615. The first kappa shape index (κ1) is 15.5. The zero-order valence-electron chi connectivity index (χ0n) is 11.1. The number of hydrogen-bond acceptors (Lipinski definition) is 5. The summed E-state index contributed by atoms with van der Waals surface area (Å²) in [5.74, 6) is -2.08. The maximum absolute atomic E-state index is 11.7. The smallest absolute Gasteiger partial charge is 0.321 e. The largest absolute Gasteiger partial charge is 0.469 e. The Morgan fingerprint density at radius 1 is 1.53 bits per heavy atom. The molecule has 0 radical (unpaired) electrons. The Labute approximate surface area is 117 Å². The highest BCUT2D eigenvalue weighted by Crippen LogP contribution is 2.61. The van der Waals surface area contributed by atoms with E-state index < -0.39 is 23.4 Å². The van der Waals surface area contributed by atoms with Crippen molar-refractivity contribution in [2.24, 2.45) is 17.3 Å². The van der Waals surface area contributed by atoms with Gasteiger partial charge < -0.3 is 9.47 Å². The van der Waals surface area contributed by atoms with Crippen LogP contribution in [0.25, 0.3) is 0 Å². The molecule has 3 unspecified atom stereocenters. The highest BCUT2D eigenvalue weighted by molar-refractivity contribution is 6.26. The Balaban J connectivity index is 2.95. The molecule has 1 aliphatic carbocycles. The molecule has 0 aromatic rings. The molecule has 0 aliphatic heterocycles. The average Bonchev–Trinajstić information content (AvgIpc) is 2.96. The first-order chi connectivity index (χ1) is 8.81. The number of esters is 2. The molecule has 0 saturated heterocycles. The van der Waals surface area contributed by atoms with Crippen LogP contribution in [0, 0.1) is 28.6 Å². The summed E-state index contributed by atoms with van der Waals surface area (Å²) < 4.78 is 9.85. The maximum Gasteiger partial charge on any atom is 0.321 e. The van der Waals surface area contributed by atoms with Crippen molar-refractivity contribution >= 4 is 23.5 Å². The van der Waals surface area contributed by atoms with Crippen LogP contribution < -0.4 is 0 Å². The summed E-state index contributed by atoms with van der Waals surface area (Å²) in [5, 5.41) is 8.93. The van der Waals surface area contributed by atoms with Gasteiger partial charge in [0.2, 0.25) is 0 Å². The van der Waals surface area contributed by atoms with Crippen LogP contribution in [0.15, 0.2) is 12.2 Å². The third-order valence-corrected chi connectivity index (χ3v) is 3.76. The van der Waals surface area contributed by atoms with Crippen LogP contribution in [0.4, 0.5) is 0 Å². The highest BCUT2D eigenvalue weighted by Gasteiger charge is 2.67. The SMILES string of the molecule is C=C(C#N)C(OC(=O)CCl)C1C(C(=O)OC)C1(C)C. The van der Waals surface area contributed by atoms with Gasteiger partial charge in [-0.2, -0.15) is 5.26 Å². The number of nitrogens with zero attached hydrogens (tertiary/aromatic N) is 1. The van der Waals surface area contributed by atoms with E-state index in [1.165, 1.54) is 7.11 Å². The van der Waals surface area contributed by atoms with Gasteiger partial charge in [-0.1, -0.05) is 20.4 Å². The molecule has 104 valence electrons. The Morgan fingerprint density at radius 3 is 2.53 bits per heavy atom. The van der Waals surface area contributed by atoms with Crippen molar-refractivity contribution < 1.29 is 19.1 Å². The van der Waals surface area contributed by atoms with E-state index in [1.807, 2.05) is 19.9 Å². The number of carbonyl (C=O) groups is 2. The molecule has 6 heteroatoms. The number of halogens is 1. The molecule has 19 heavy (non-hydrogen) atoms. The Hall–Kier alpha value is -1.54. The first-order valence-corrected chi connectivity index (χ1v) is 6.26. The second kappa shape index (κ2) is 5.62. The molecule has 0 heterocycles. The van der Waals surface area contributed by atoms with Gasteiger partial charge >= 0.3 is 11.9 Å². The van der Waals surface area contributed by atoms with Crippen molar-refractivity contribution in [1.29, 1.82) is 5.26 Å². The molecule has 0 N–H and O–H groups in total. The van der Waals surface area contributed by atoms with E-state index in [0.717, 1.165) is 0 Å². The second-order valence-corrected chi connectivity index (χ2v) is 5.30. The predicted octanol–water partition coefficient (Wildman–Crippen LogP) is 1.66. The molecule has 1 saturated carbocycles. The Morgan fingerprint density at radius 2 is 2.11 bits per heavy atom. The standard InChI is InChI=1S/C13H16ClNO4/c1-7(6-15)11(19-8(16)5-14)9-10(12(17)18-4)13(9,2)3/h9-11H,1,5H2,2-4H3. The summed E-state index contributed by atoms with van der Waals surface area (Å²) in [6, 6.07) is 1.86. The minimum Gasteiger partial charge on any atom is -0.469 e. The van der Waals surface area contributed by atoms with Crippen LogP contribution in [-0.2, 0) is 19.1 Å². The van der Waals surface area contributed by atoms with Crippen molar-refractivity contribution in [2.45, 2.75) is 20.0 Å². The highest BCUT2D eigenvalue weighted by atomic mass is 35.5. The quantitative estimate of drug-likeness (QED) is 0.436. The summed E-state index contributed by atoms with van der Waals surface area (Å²) in [5.41, 5.74) is -0.313. The van der Waals surface area contributed by atoms with Gasteiger partial charge in [0, 0.05) is 5.92 Å². The van der Waals surface area contributed by atoms with E-state index in [0.29, 0.717) is 0 Å². The van der Waals surface area contributed by atoms with Crippen LogP contribution >= 0.6 is 11.6 Å². The summed E-state index contributed by atoms with van der Waals surface area (Å²) in [6.07, 6.45) is -0.838. The van der Waals surface area contributed by atoms with Gasteiger partial charge in [0.15, 0.2) is 0 Å². The number of ether oxygens (including phenoxy) is 2. The van der Waals surface area contributed by atoms with Gasteiger partial charge in [0.05, 0.1) is 24.7 Å². The van der Waals surface area contributed by atoms with Gasteiger partial charge in [-0.15, -0.1) is 11.6 Å². The Kier molecular flexibility index (Phi) is 4.59. The van der Waals surface area contributed by atoms with E-state index >= 15 is 0 Å². The van der Waals surface area contributed by atoms with Crippen molar-refractivity contribution in [3.8, 4) is 6.07 Å². The molecule has 0 aromatic carbocycles. The fourth-order valence-corrected chi connectivity index (χ4v) is 2.48. The van der Waals surface area contributed by atoms with E-state index in [2.05, 4.69) is 6.58 Å². The normalized spacial score (nSPS) is 24.8. The van der Waals surface area contributed by atoms with Gasteiger partial charge in [0.1, 0.15) is 12.0 Å². The summed E-state index contributed by atoms with van der Waals surface area (Å²) in [7, 11) is 1.30. The minimum absolute atomic E-state index is 0.0999. The lowest BCUT2D eigenvalue weighted by atomic mass is 10.0. The van der Waals surface area contributed by atoms with Gasteiger partial charge in [-0.05, 0) is 5.41 Å². The zero-order chi connectivity index (χ0) is 14.8. The molecule has 3 atom stereocenters. The second-order valence-electron chi connectivity index (χ2n) is 5.03. The molecule has 0 bridgehead atoms.